The molecule has 1 rings (SSSR count). The van der Waals surface area contributed by atoms with Crippen molar-refractivity contribution in [3.05, 3.63) is 11.9 Å². The molecule has 2 N–H and O–H groups in total. The van der Waals surface area contributed by atoms with E-state index < -0.39 is 0 Å². The fraction of sp³-hybridized carbons (Fsp3) is 0.714. The first-order valence-electron chi connectivity index (χ1n) is 7.11. The topological polar surface area (TPSA) is 49.8 Å². The van der Waals surface area contributed by atoms with Crippen molar-refractivity contribution in [1.29, 1.82) is 0 Å². The van der Waals surface area contributed by atoms with Gasteiger partial charge in [-0.15, -0.1) is 0 Å². The van der Waals surface area contributed by atoms with Crippen LogP contribution in [0.15, 0.2) is 6.07 Å². The molecule has 4 heteroatoms. The van der Waals surface area contributed by atoms with Crippen LogP contribution in [0, 0.1) is 0 Å². The SMILES string of the molecule is CCCc1nc(NCC)cc(NC(CC)CC)n1. The van der Waals surface area contributed by atoms with Gasteiger partial charge in [-0.2, -0.15) is 0 Å². The van der Waals surface area contributed by atoms with Crippen LogP contribution in [0.1, 0.15) is 52.8 Å². The summed E-state index contributed by atoms with van der Waals surface area (Å²) in [6, 6.07) is 2.49. The zero-order valence-corrected chi connectivity index (χ0v) is 12.1. The van der Waals surface area contributed by atoms with Gasteiger partial charge in [0.1, 0.15) is 17.5 Å². The van der Waals surface area contributed by atoms with E-state index in [9.17, 15) is 0 Å². The highest BCUT2D eigenvalue weighted by atomic mass is 15.1. The van der Waals surface area contributed by atoms with Gasteiger partial charge in [0.25, 0.3) is 0 Å². The van der Waals surface area contributed by atoms with E-state index in [2.05, 4.69) is 48.3 Å². The van der Waals surface area contributed by atoms with Gasteiger partial charge in [0.15, 0.2) is 0 Å². The Balaban J connectivity index is 2.87. The number of hydrogen-bond acceptors (Lipinski definition) is 4. The van der Waals surface area contributed by atoms with Crippen molar-refractivity contribution < 1.29 is 0 Å². The Kier molecular flexibility index (Phi) is 6.47. The van der Waals surface area contributed by atoms with Crippen molar-refractivity contribution in [2.45, 2.75) is 59.4 Å². The van der Waals surface area contributed by atoms with Gasteiger partial charge >= 0.3 is 0 Å². The van der Waals surface area contributed by atoms with E-state index in [4.69, 9.17) is 0 Å². The molecule has 0 unspecified atom stereocenters. The maximum Gasteiger partial charge on any atom is 0.133 e. The lowest BCUT2D eigenvalue weighted by Crippen LogP contribution is -2.19. The second kappa shape index (κ2) is 7.90. The van der Waals surface area contributed by atoms with Crippen molar-refractivity contribution in [1.82, 2.24) is 9.97 Å². The first-order chi connectivity index (χ1) is 8.73. The summed E-state index contributed by atoms with van der Waals surface area (Å²) in [5.41, 5.74) is 0. The van der Waals surface area contributed by atoms with Crippen LogP contribution in [0.25, 0.3) is 0 Å². The van der Waals surface area contributed by atoms with Crippen molar-refractivity contribution >= 4 is 11.6 Å². The van der Waals surface area contributed by atoms with E-state index in [1.807, 2.05) is 6.07 Å². The minimum Gasteiger partial charge on any atom is -0.370 e. The lowest BCUT2D eigenvalue weighted by molar-refractivity contribution is 0.666. The van der Waals surface area contributed by atoms with Crippen LogP contribution >= 0.6 is 0 Å². The molecule has 1 heterocycles. The molecule has 4 nitrogen and oxygen atoms in total. The third-order valence-corrected chi connectivity index (χ3v) is 2.94. The molecule has 18 heavy (non-hydrogen) atoms. The van der Waals surface area contributed by atoms with Gasteiger partial charge in [0, 0.05) is 25.1 Å². The first-order valence-corrected chi connectivity index (χ1v) is 7.11. The first kappa shape index (κ1) is 14.7. The Morgan fingerprint density at radius 3 is 2.28 bits per heavy atom. The lowest BCUT2D eigenvalue weighted by Gasteiger charge is -2.16. The molecule has 0 aliphatic carbocycles. The fourth-order valence-corrected chi connectivity index (χ4v) is 1.88. The smallest absolute Gasteiger partial charge is 0.133 e. The second-order valence-electron chi connectivity index (χ2n) is 4.49. The van der Waals surface area contributed by atoms with E-state index >= 15 is 0 Å². The molecule has 0 spiro atoms. The zero-order chi connectivity index (χ0) is 13.4. The van der Waals surface area contributed by atoms with Crippen LogP contribution in [-0.4, -0.2) is 22.6 Å². The summed E-state index contributed by atoms with van der Waals surface area (Å²) in [5.74, 6) is 2.78. The highest BCUT2D eigenvalue weighted by molar-refractivity contribution is 5.48. The van der Waals surface area contributed by atoms with Crippen LogP contribution in [0.2, 0.25) is 0 Å². The molecule has 0 aromatic carbocycles. The maximum absolute atomic E-state index is 4.58. The summed E-state index contributed by atoms with van der Waals surface area (Å²) in [4.78, 5) is 9.09. The van der Waals surface area contributed by atoms with E-state index in [0.717, 1.165) is 49.7 Å². The van der Waals surface area contributed by atoms with Gasteiger partial charge in [0.2, 0.25) is 0 Å². The summed E-state index contributed by atoms with van der Waals surface area (Å²) in [7, 11) is 0. The van der Waals surface area contributed by atoms with Crippen LogP contribution in [0.3, 0.4) is 0 Å². The van der Waals surface area contributed by atoms with Gasteiger partial charge < -0.3 is 10.6 Å². The van der Waals surface area contributed by atoms with E-state index in [1.54, 1.807) is 0 Å². The van der Waals surface area contributed by atoms with Gasteiger partial charge in [-0.05, 0) is 26.2 Å². The molecule has 0 amide bonds. The number of aromatic nitrogens is 2. The highest BCUT2D eigenvalue weighted by Gasteiger charge is 2.07. The molecule has 0 atom stereocenters. The fourth-order valence-electron chi connectivity index (χ4n) is 1.88. The Morgan fingerprint density at radius 2 is 1.72 bits per heavy atom. The van der Waals surface area contributed by atoms with E-state index in [0.29, 0.717) is 6.04 Å². The summed E-state index contributed by atoms with van der Waals surface area (Å²) in [5, 5.41) is 6.75. The maximum atomic E-state index is 4.58. The Labute approximate surface area is 111 Å². The average Bonchev–Trinajstić information content (AvgIpc) is 2.36. The monoisotopic (exact) mass is 250 g/mol. The number of hydrogen-bond donors (Lipinski definition) is 2. The molecule has 0 bridgehead atoms. The van der Waals surface area contributed by atoms with E-state index in [-0.39, 0.29) is 0 Å². The summed E-state index contributed by atoms with van der Waals surface area (Å²) in [6.07, 6.45) is 4.22. The third-order valence-electron chi connectivity index (χ3n) is 2.94. The number of nitrogens with zero attached hydrogens (tertiary/aromatic N) is 2. The molecule has 1 aromatic heterocycles. The average molecular weight is 250 g/mol. The predicted octanol–water partition coefficient (Wildman–Crippen LogP) is 3.46. The molecule has 102 valence electrons. The number of nitrogens with one attached hydrogen (secondary N) is 2. The molecule has 0 fully saturated rings. The standard InChI is InChI=1S/C14H26N4/c1-5-9-12-17-13(15-8-4)10-14(18-12)16-11(6-2)7-3/h10-11H,5-9H2,1-4H3,(H2,15,16,17,18). The Bertz CT molecular complexity index is 323. The molecule has 0 radical (unpaired) electrons. The van der Waals surface area contributed by atoms with E-state index in [1.165, 1.54) is 0 Å². The number of anilines is 2. The molecule has 0 aliphatic heterocycles. The quantitative estimate of drug-likeness (QED) is 0.742. The van der Waals surface area contributed by atoms with Crippen LogP contribution in [0.4, 0.5) is 11.6 Å². The van der Waals surface area contributed by atoms with Gasteiger partial charge in [-0.3, -0.25) is 0 Å². The van der Waals surface area contributed by atoms with Crippen LogP contribution in [-0.2, 0) is 6.42 Å². The zero-order valence-electron chi connectivity index (χ0n) is 12.1. The van der Waals surface area contributed by atoms with Gasteiger partial charge in [0.05, 0.1) is 0 Å². The molecular formula is C14H26N4. The Morgan fingerprint density at radius 1 is 1.06 bits per heavy atom. The largest absolute Gasteiger partial charge is 0.370 e. The van der Waals surface area contributed by atoms with Crippen LogP contribution < -0.4 is 10.6 Å². The molecule has 0 saturated carbocycles. The van der Waals surface area contributed by atoms with Gasteiger partial charge in [-0.25, -0.2) is 9.97 Å². The van der Waals surface area contributed by atoms with Crippen LogP contribution in [0.5, 0.6) is 0 Å². The third kappa shape index (κ3) is 4.51. The van der Waals surface area contributed by atoms with Crippen molar-refractivity contribution in [2.24, 2.45) is 0 Å². The lowest BCUT2D eigenvalue weighted by atomic mass is 10.2. The minimum atomic E-state index is 0.490. The molecule has 0 saturated heterocycles. The van der Waals surface area contributed by atoms with Crippen molar-refractivity contribution in [3.8, 4) is 0 Å². The van der Waals surface area contributed by atoms with Gasteiger partial charge in [-0.1, -0.05) is 20.8 Å². The van der Waals surface area contributed by atoms with Crippen molar-refractivity contribution in [3.63, 3.8) is 0 Å². The number of aryl methyl sites for hydroxylation is 1. The highest BCUT2D eigenvalue weighted by Crippen LogP contribution is 2.15. The number of rotatable bonds is 8. The molecule has 1 aromatic rings. The summed E-state index contributed by atoms with van der Waals surface area (Å²) >= 11 is 0. The molecular weight excluding hydrogens is 224 g/mol. The summed E-state index contributed by atoms with van der Waals surface area (Å²) in [6.45, 7) is 9.50. The predicted molar refractivity (Wildman–Crippen MR) is 78.2 cm³/mol. The van der Waals surface area contributed by atoms with Crippen molar-refractivity contribution in [2.75, 3.05) is 17.2 Å². The summed E-state index contributed by atoms with van der Waals surface area (Å²) < 4.78 is 0. The minimum absolute atomic E-state index is 0.490. The second-order valence-corrected chi connectivity index (χ2v) is 4.49. The normalized spacial score (nSPS) is 10.7. The Hall–Kier alpha value is -1.32. The molecule has 0 aliphatic rings.